The Hall–Kier alpha value is -4.77. The number of benzene rings is 2. The monoisotopic (exact) mass is 682 g/mol. The average Bonchev–Trinajstić information content (AvgIpc) is 3.54. The third-order valence-electron chi connectivity index (χ3n) is 10.00. The van der Waals surface area contributed by atoms with Gasteiger partial charge in [-0.3, -0.25) is 14.2 Å². The number of carbonyl (C=O) groups is 1. The Morgan fingerprint density at radius 2 is 1.73 bits per heavy atom. The van der Waals surface area contributed by atoms with Gasteiger partial charge in [-0.15, -0.1) is 0 Å². The van der Waals surface area contributed by atoms with Crippen LogP contribution in [0.1, 0.15) is 63.4 Å². The lowest BCUT2D eigenvalue weighted by Gasteiger charge is -2.51. The zero-order chi connectivity index (χ0) is 35.0. The first-order valence-corrected chi connectivity index (χ1v) is 17.0. The van der Waals surface area contributed by atoms with E-state index in [0.717, 1.165) is 11.1 Å². The van der Waals surface area contributed by atoms with Crippen molar-refractivity contribution >= 4 is 50.8 Å². The van der Waals surface area contributed by atoms with Gasteiger partial charge in [0.05, 0.1) is 56.7 Å². The van der Waals surface area contributed by atoms with Gasteiger partial charge in [0.15, 0.2) is 0 Å². The fourth-order valence-corrected chi connectivity index (χ4v) is 8.10. The molecular weight excluding hydrogens is 643 g/mol. The van der Waals surface area contributed by atoms with Crippen LogP contribution in [-0.2, 0) is 4.79 Å². The minimum Gasteiger partial charge on any atom is -0.366 e. The predicted octanol–water partition coefficient (Wildman–Crippen LogP) is 6.71. The van der Waals surface area contributed by atoms with Crippen LogP contribution in [-0.4, -0.2) is 74.1 Å². The smallest absolute Gasteiger partial charge is 0.281 e. The maximum Gasteiger partial charge on any atom is 0.281 e. The number of halogens is 2. The molecule has 5 heterocycles. The molecule has 2 aliphatic heterocycles. The van der Waals surface area contributed by atoms with Gasteiger partial charge in [0.1, 0.15) is 17.8 Å². The number of anilines is 2. The highest BCUT2D eigenvalue weighted by Gasteiger charge is 2.42. The average molecular weight is 683 g/mol. The number of pyridine rings is 1. The molecule has 0 radical (unpaired) electrons. The molecule has 1 amide bonds. The highest BCUT2D eigenvalue weighted by molar-refractivity contribution is 6.39. The number of hydrogen-bond acceptors (Lipinski definition) is 7. The van der Waals surface area contributed by atoms with Crippen LogP contribution in [0, 0.1) is 12.7 Å². The molecule has 2 unspecified atom stereocenters. The summed E-state index contributed by atoms with van der Waals surface area (Å²) in [6.45, 7) is 17.0. The molecule has 1 fully saturated rings. The fourth-order valence-electron chi connectivity index (χ4n) is 7.73. The number of imidazole rings is 1. The van der Waals surface area contributed by atoms with Gasteiger partial charge in [-0.1, -0.05) is 51.9 Å². The fraction of sp³-hybridized carbons (Fsp3) is 0.378. The topological polar surface area (TPSA) is 103 Å². The van der Waals surface area contributed by atoms with E-state index in [-0.39, 0.29) is 46.0 Å². The van der Waals surface area contributed by atoms with E-state index >= 15 is 9.18 Å². The maximum absolute atomic E-state index is 17.0. The molecule has 7 rings (SSSR count). The standard InChI is InChI=1S/C37H40ClFN8O2/c1-9-26(48)45-15-22-14-44(8)36-34(46(22)13-21(45)7)23-12-24(39)28(27-20(6)10-11-25-32(27)43-16-40-25)29(38)33(23)47(37(36)49)35-30(18(2)3)41-17-42-31(35)19(4)5/h9-12,16-19,21-22H,1,13-15H2,2-8H3,(H,40,43). The van der Waals surface area contributed by atoms with Gasteiger partial charge in [0.2, 0.25) is 5.91 Å². The molecule has 2 atom stereocenters. The highest BCUT2D eigenvalue weighted by atomic mass is 35.5. The first-order chi connectivity index (χ1) is 23.3. The van der Waals surface area contributed by atoms with Crippen LogP contribution in [0.3, 0.4) is 0 Å². The summed E-state index contributed by atoms with van der Waals surface area (Å²) in [7, 11) is 1.87. The Kier molecular flexibility index (Phi) is 8.01. The Labute approximate surface area is 289 Å². The number of aryl methyl sites for hydroxylation is 1. The summed E-state index contributed by atoms with van der Waals surface area (Å²) < 4.78 is 18.6. The molecule has 254 valence electrons. The van der Waals surface area contributed by atoms with Crippen molar-refractivity contribution in [3.05, 3.63) is 81.7 Å². The Balaban J connectivity index is 1.65. The number of hydrogen-bond donors (Lipinski definition) is 1. The molecule has 2 aliphatic rings. The van der Waals surface area contributed by atoms with Crippen LogP contribution < -0.4 is 15.4 Å². The van der Waals surface area contributed by atoms with E-state index in [1.54, 1.807) is 15.8 Å². The number of amides is 1. The molecule has 12 heteroatoms. The van der Waals surface area contributed by atoms with Crippen molar-refractivity contribution in [2.75, 3.05) is 36.5 Å². The molecule has 2 aromatic carbocycles. The maximum atomic E-state index is 17.0. The molecular formula is C37H40ClFN8O2. The lowest BCUT2D eigenvalue weighted by Crippen LogP contribution is -2.64. The molecule has 49 heavy (non-hydrogen) atoms. The van der Waals surface area contributed by atoms with Crippen molar-refractivity contribution in [3.8, 4) is 16.8 Å². The summed E-state index contributed by atoms with van der Waals surface area (Å²) in [5.74, 6) is -0.801. The molecule has 1 saturated heterocycles. The van der Waals surface area contributed by atoms with E-state index in [1.807, 2.05) is 65.6 Å². The number of aromatic amines is 1. The summed E-state index contributed by atoms with van der Waals surface area (Å²) in [5, 5.41) is 0.591. The van der Waals surface area contributed by atoms with Crippen LogP contribution in [0.2, 0.25) is 5.02 Å². The Morgan fingerprint density at radius 1 is 1.04 bits per heavy atom. The second-order valence-corrected chi connectivity index (χ2v) is 14.2. The van der Waals surface area contributed by atoms with E-state index in [9.17, 15) is 4.79 Å². The second kappa shape index (κ2) is 12.0. The SMILES string of the molecule is C=CC(=O)N1CC2CN(C)c3c(c4cc(F)c(-c5c(C)ccc6[nH]cnc56)c(Cl)c4n(-c4c(C(C)C)ncnc4C(C)C)c3=O)N2CC1C. The van der Waals surface area contributed by atoms with Crippen molar-refractivity contribution < 1.29 is 9.18 Å². The van der Waals surface area contributed by atoms with Crippen molar-refractivity contribution in [2.45, 2.75) is 65.5 Å². The van der Waals surface area contributed by atoms with Gasteiger partial charge in [-0.05, 0) is 49.5 Å². The second-order valence-electron chi connectivity index (χ2n) is 13.9. The molecule has 5 aromatic rings. The van der Waals surface area contributed by atoms with E-state index < -0.39 is 5.82 Å². The molecule has 0 bridgehead atoms. The summed E-state index contributed by atoms with van der Waals surface area (Å²) in [6, 6.07) is 4.97. The number of piperazine rings is 1. The summed E-state index contributed by atoms with van der Waals surface area (Å²) in [6.07, 6.45) is 4.45. The number of aromatic nitrogens is 5. The van der Waals surface area contributed by atoms with E-state index in [2.05, 4.69) is 31.4 Å². The highest BCUT2D eigenvalue weighted by Crippen LogP contribution is 2.48. The summed E-state index contributed by atoms with van der Waals surface area (Å²) in [5.41, 5.74) is 5.88. The van der Waals surface area contributed by atoms with Gasteiger partial charge >= 0.3 is 0 Å². The van der Waals surface area contributed by atoms with Gasteiger partial charge < -0.3 is 19.7 Å². The van der Waals surface area contributed by atoms with Crippen molar-refractivity contribution in [1.29, 1.82) is 0 Å². The zero-order valence-corrected chi connectivity index (χ0v) is 29.6. The van der Waals surface area contributed by atoms with Gasteiger partial charge in [0, 0.05) is 49.2 Å². The molecule has 3 aromatic heterocycles. The quantitative estimate of drug-likeness (QED) is 0.206. The number of likely N-dealkylation sites (N-methyl/N-ethyl adjacent to an activating group) is 1. The third kappa shape index (κ3) is 4.92. The van der Waals surface area contributed by atoms with Crippen LogP contribution in [0.5, 0.6) is 0 Å². The summed E-state index contributed by atoms with van der Waals surface area (Å²) in [4.78, 5) is 51.0. The van der Waals surface area contributed by atoms with Crippen LogP contribution >= 0.6 is 11.6 Å². The number of fused-ring (bicyclic) bond motifs is 6. The third-order valence-corrected chi connectivity index (χ3v) is 10.4. The predicted molar refractivity (Wildman–Crippen MR) is 194 cm³/mol. The van der Waals surface area contributed by atoms with Crippen LogP contribution in [0.4, 0.5) is 15.8 Å². The Bertz CT molecular complexity index is 2220. The first-order valence-electron chi connectivity index (χ1n) is 16.6. The van der Waals surface area contributed by atoms with Gasteiger partial charge in [-0.2, -0.15) is 0 Å². The zero-order valence-electron chi connectivity index (χ0n) is 28.8. The molecule has 1 N–H and O–H groups in total. The van der Waals surface area contributed by atoms with Crippen molar-refractivity contribution in [1.82, 2.24) is 29.4 Å². The lowest BCUT2D eigenvalue weighted by molar-refractivity contribution is -0.128. The largest absolute Gasteiger partial charge is 0.366 e. The van der Waals surface area contributed by atoms with Gasteiger partial charge in [0.25, 0.3) is 5.56 Å². The minimum atomic E-state index is -0.528. The van der Waals surface area contributed by atoms with Gasteiger partial charge in [-0.25, -0.2) is 19.3 Å². The number of carbonyl (C=O) groups excluding carboxylic acids is 1. The number of rotatable bonds is 5. The molecule has 0 saturated carbocycles. The Morgan fingerprint density at radius 3 is 2.39 bits per heavy atom. The minimum absolute atomic E-state index is 0.0642. The lowest BCUT2D eigenvalue weighted by atomic mass is 9.93. The molecule has 0 spiro atoms. The van der Waals surface area contributed by atoms with E-state index in [4.69, 9.17) is 11.6 Å². The van der Waals surface area contributed by atoms with Crippen LogP contribution in [0.15, 0.2) is 48.3 Å². The number of nitrogens with zero attached hydrogens (tertiary/aromatic N) is 7. The molecule has 0 aliphatic carbocycles. The van der Waals surface area contributed by atoms with Crippen molar-refractivity contribution in [3.63, 3.8) is 0 Å². The van der Waals surface area contributed by atoms with Crippen LogP contribution in [0.25, 0.3) is 38.8 Å². The van der Waals surface area contributed by atoms with Crippen molar-refractivity contribution in [2.24, 2.45) is 0 Å². The first kappa shape index (κ1) is 32.8. The molecule has 10 nitrogen and oxygen atoms in total. The summed E-state index contributed by atoms with van der Waals surface area (Å²) >= 11 is 7.50. The van der Waals surface area contributed by atoms with E-state index in [1.165, 1.54) is 18.5 Å². The number of H-pyrrole nitrogens is 1. The normalized spacial score (nSPS) is 17.7. The number of nitrogens with one attached hydrogen (secondary N) is 1. The van der Waals surface area contributed by atoms with E-state index in [0.29, 0.717) is 70.1 Å².